The number of hydrogen-bond acceptors (Lipinski definition) is 4. The molecule has 1 aliphatic heterocycles. The van der Waals surface area contributed by atoms with Crippen LogP contribution in [0.3, 0.4) is 0 Å². The van der Waals surface area contributed by atoms with Crippen molar-refractivity contribution in [3.63, 3.8) is 0 Å². The standard InChI is InChI=1S/C15H29N3O2/c1-15(2,3)20-14(19)17-10-13(11-6-7-11)18-12-5-4-8-16-9-12/h11-13,16,18H,4-10H2,1-3H3,(H,17,19). The van der Waals surface area contributed by atoms with Gasteiger partial charge in [-0.05, 0) is 58.9 Å². The summed E-state index contributed by atoms with van der Waals surface area (Å²) in [7, 11) is 0. The zero-order valence-electron chi connectivity index (χ0n) is 13.0. The van der Waals surface area contributed by atoms with Crippen molar-refractivity contribution in [1.82, 2.24) is 16.0 Å². The Kier molecular flexibility index (Phi) is 5.27. The van der Waals surface area contributed by atoms with Gasteiger partial charge in [-0.1, -0.05) is 0 Å². The third kappa shape index (κ3) is 5.67. The summed E-state index contributed by atoms with van der Waals surface area (Å²) in [5.74, 6) is 0.715. The molecule has 116 valence electrons. The van der Waals surface area contributed by atoms with Crippen LogP contribution < -0.4 is 16.0 Å². The van der Waals surface area contributed by atoms with E-state index in [1.165, 1.54) is 25.7 Å². The minimum atomic E-state index is -0.431. The molecule has 1 aliphatic carbocycles. The lowest BCUT2D eigenvalue weighted by Crippen LogP contribution is -2.52. The maximum atomic E-state index is 11.7. The molecule has 1 saturated carbocycles. The molecule has 0 aromatic heterocycles. The molecule has 2 rings (SSSR count). The Balaban J connectivity index is 1.73. The minimum Gasteiger partial charge on any atom is -0.444 e. The van der Waals surface area contributed by atoms with Crippen LogP contribution in [0.15, 0.2) is 0 Å². The third-order valence-electron chi connectivity index (χ3n) is 3.80. The van der Waals surface area contributed by atoms with Crippen LogP contribution in [-0.2, 0) is 4.74 Å². The Morgan fingerprint density at radius 2 is 2.10 bits per heavy atom. The highest BCUT2D eigenvalue weighted by Gasteiger charge is 2.33. The fraction of sp³-hybridized carbons (Fsp3) is 0.933. The normalized spacial score (nSPS) is 25.1. The van der Waals surface area contributed by atoms with Gasteiger partial charge in [0, 0.05) is 25.2 Å². The Labute approximate surface area is 122 Å². The zero-order chi connectivity index (χ0) is 14.6. The first-order valence-electron chi connectivity index (χ1n) is 7.87. The Hall–Kier alpha value is -0.810. The van der Waals surface area contributed by atoms with Gasteiger partial charge in [-0.2, -0.15) is 0 Å². The lowest BCUT2D eigenvalue weighted by atomic mass is 10.0. The smallest absolute Gasteiger partial charge is 0.407 e. The van der Waals surface area contributed by atoms with Gasteiger partial charge in [0.15, 0.2) is 0 Å². The van der Waals surface area contributed by atoms with Gasteiger partial charge in [0.05, 0.1) is 0 Å². The van der Waals surface area contributed by atoms with E-state index in [4.69, 9.17) is 4.74 Å². The number of piperidine rings is 1. The molecule has 20 heavy (non-hydrogen) atoms. The number of nitrogens with one attached hydrogen (secondary N) is 3. The second-order valence-corrected chi connectivity index (χ2v) is 7.04. The molecule has 2 aliphatic rings. The molecule has 0 aromatic carbocycles. The average molecular weight is 283 g/mol. The fourth-order valence-electron chi connectivity index (χ4n) is 2.66. The van der Waals surface area contributed by atoms with Crippen molar-refractivity contribution in [2.75, 3.05) is 19.6 Å². The summed E-state index contributed by atoms with van der Waals surface area (Å²) in [6.45, 7) is 8.48. The van der Waals surface area contributed by atoms with E-state index in [-0.39, 0.29) is 6.09 Å². The second kappa shape index (κ2) is 6.76. The molecule has 5 nitrogen and oxygen atoms in total. The van der Waals surface area contributed by atoms with E-state index in [0.717, 1.165) is 13.1 Å². The fourth-order valence-corrected chi connectivity index (χ4v) is 2.66. The monoisotopic (exact) mass is 283 g/mol. The molecule has 2 atom stereocenters. The third-order valence-corrected chi connectivity index (χ3v) is 3.80. The van der Waals surface area contributed by atoms with Crippen LogP contribution >= 0.6 is 0 Å². The summed E-state index contributed by atoms with van der Waals surface area (Å²) in [6, 6.07) is 0.919. The SMILES string of the molecule is CC(C)(C)OC(=O)NCC(NC1CCCNC1)C1CC1. The van der Waals surface area contributed by atoms with Gasteiger partial charge in [0.2, 0.25) is 0 Å². The average Bonchev–Trinajstić information content (AvgIpc) is 3.18. The first kappa shape index (κ1) is 15.6. The summed E-state index contributed by atoms with van der Waals surface area (Å²) < 4.78 is 5.29. The summed E-state index contributed by atoms with van der Waals surface area (Å²) in [5, 5.41) is 10.0. The first-order chi connectivity index (χ1) is 9.44. The van der Waals surface area contributed by atoms with Gasteiger partial charge in [0.25, 0.3) is 0 Å². The van der Waals surface area contributed by atoms with Crippen LogP contribution in [0, 0.1) is 5.92 Å². The van der Waals surface area contributed by atoms with Crippen LogP contribution in [0.5, 0.6) is 0 Å². The van der Waals surface area contributed by atoms with Crippen LogP contribution in [-0.4, -0.2) is 43.4 Å². The maximum absolute atomic E-state index is 11.7. The molecule has 3 N–H and O–H groups in total. The van der Waals surface area contributed by atoms with Gasteiger partial charge in [-0.25, -0.2) is 4.79 Å². The van der Waals surface area contributed by atoms with Gasteiger partial charge < -0.3 is 20.7 Å². The first-order valence-corrected chi connectivity index (χ1v) is 7.87. The van der Waals surface area contributed by atoms with Crippen molar-refractivity contribution in [2.45, 2.75) is 64.1 Å². The van der Waals surface area contributed by atoms with Crippen molar-refractivity contribution in [1.29, 1.82) is 0 Å². The second-order valence-electron chi connectivity index (χ2n) is 7.04. The highest BCUT2D eigenvalue weighted by atomic mass is 16.6. The number of hydrogen-bond donors (Lipinski definition) is 3. The Morgan fingerprint density at radius 3 is 2.65 bits per heavy atom. The largest absolute Gasteiger partial charge is 0.444 e. The van der Waals surface area contributed by atoms with E-state index in [1.54, 1.807) is 0 Å². The van der Waals surface area contributed by atoms with Crippen LogP contribution in [0.25, 0.3) is 0 Å². The van der Waals surface area contributed by atoms with Crippen molar-refractivity contribution in [3.05, 3.63) is 0 Å². The molecular weight excluding hydrogens is 254 g/mol. The molecule has 0 radical (unpaired) electrons. The molecule has 0 spiro atoms. The molecule has 0 bridgehead atoms. The van der Waals surface area contributed by atoms with Gasteiger partial charge in [0.1, 0.15) is 5.60 Å². The highest BCUT2D eigenvalue weighted by molar-refractivity contribution is 5.67. The van der Waals surface area contributed by atoms with Crippen molar-refractivity contribution in [3.8, 4) is 0 Å². The number of ether oxygens (including phenoxy) is 1. The molecule has 5 heteroatoms. The van der Waals surface area contributed by atoms with E-state index < -0.39 is 5.60 Å². The highest BCUT2D eigenvalue weighted by Crippen LogP contribution is 2.32. The van der Waals surface area contributed by atoms with E-state index in [2.05, 4.69) is 16.0 Å². The van der Waals surface area contributed by atoms with E-state index >= 15 is 0 Å². The van der Waals surface area contributed by atoms with Crippen molar-refractivity contribution in [2.24, 2.45) is 5.92 Å². The summed E-state index contributed by atoms with van der Waals surface area (Å²) in [6.07, 6.45) is 4.69. The van der Waals surface area contributed by atoms with E-state index in [9.17, 15) is 4.79 Å². The number of alkyl carbamates (subject to hydrolysis) is 1. The lowest BCUT2D eigenvalue weighted by Gasteiger charge is -2.29. The molecule has 1 saturated heterocycles. The number of amides is 1. The minimum absolute atomic E-state index is 0.313. The molecule has 2 unspecified atom stereocenters. The molecule has 0 aromatic rings. The predicted octanol–water partition coefficient (Wildman–Crippen LogP) is 1.63. The van der Waals surface area contributed by atoms with E-state index in [0.29, 0.717) is 24.5 Å². The lowest BCUT2D eigenvalue weighted by molar-refractivity contribution is 0.0519. The van der Waals surface area contributed by atoms with Crippen LogP contribution in [0.2, 0.25) is 0 Å². The van der Waals surface area contributed by atoms with E-state index in [1.807, 2.05) is 20.8 Å². The summed E-state index contributed by atoms with van der Waals surface area (Å²) in [5.41, 5.74) is -0.431. The maximum Gasteiger partial charge on any atom is 0.407 e. The molecule has 2 fully saturated rings. The summed E-state index contributed by atoms with van der Waals surface area (Å²) >= 11 is 0. The van der Waals surface area contributed by atoms with Gasteiger partial charge >= 0.3 is 6.09 Å². The molecule has 1 heterocycles. The Bertz CT molecular complexity index is 318. The zero-order valence-corrected chi connectivity index (χ0v) is 13.0. The van der Waals surface area contributed by atoms with Crippen molar-refractivity contribution < 1.29 is 9.53 Å². The number of rotatable bonds is 5. The molecule has 1 amide bonds. The quantitative estimate of drug-likeness (QED) is 0.718. The topological polar surface area (TPSA) is 62.4 Å². The van der Waals surface area contributed by atoms with Gasteiger partial charge in [-0.3, -0.25) is 0 Å². The number of carbonyl (C=O) groups excluding carboxylic acids is 1. The summed E-state index contributed by atoms with van der Waals surface area (Å²) in [4.78, 5) is 11.7. The Morgan fingerprint density at radius 1 is 1.35 bits per heavy atom. The molecular formula is C15H29N3O2. The number of carbonyl (C=O) groups is 1. The van der Waals surface area contributed by atoms with Crippen LogP contribution in [0.1, 0.15) is 46.5 Å². The predicted molar refractivity (Wildman–Crippen MR) is 79.8 cm³/mol. The van der Waals surface area contributed by atoms with Crippen molar-refractivity contribution >= 4 is 6.09 Å². The van der Waals surface area contributed by atoms with Crippen LogP contribution in [0.4, 0.5) is 4.79 Å². The van der Waals surface area contributed by atoms with Gasteiger partial charge in [-0.15, -0.1) is 0 Å².